The fraction of sp³-hybridized carbons (Fsp3) is 0.143. The zero-order valence-corrected chi connectivity index (χ0v) is 17.4. The first kappa shape index (κ1) is 17.3. The Labute approximate surface area is 176 Å². The lowest BCUT2D eigenvalue weighted by Gasteiger charge is -2.10. The average Bonchev–Trinajstić information content (AvgIpc) is 3.31. The molecule has 6 rings (SSSR count). The van der Waals surface area contributed by atoms with Gasteiger partial charge in [0, 0.05) is 56.7 Å². The van der Waals surface area contributed by atoms with Crippen molar-refractivity contribution in [3.63, 3.8) is 0 Å². The highest BCUT2D eigenvalue weighted by Crippen LogP contribution is 2.38. The molecule has 2 heterocycles. The molecule has 0 N–H and O–H groups in total. The second-order valence-corrected chi connectivity index (χ2v) is 7.96. The number of hydrogen-bond acceptors (Lipinski definition) is 0. The van der Waals surface area contributed by atoms with Gasteiger partial charge in [0.05, 0.1) is 5.52 Å². The maximum Gasteiger partial charge on any atom is 0.0570 e. The number of fused-ring (bicyclic) bond motifs is 6. The van der Waals surface area contributed by atoms with Gasteiger partial charge in [-0.1, -0.05) is 60.7 Å². The fourth-order valence-electron chi connectivity index (χ4n) is 5.23. The lowest BCUT2D eigenvalue weighted by Crippen LogP contribution is -1.95. The van der Waals surface area contributed by atoms with Crippen molar-refractivity contribution in [2.45, 2.75) is 26.9 Å². The van der Waals surface area contributed by atoms with Crippen LogP contribution in [0.25, 0.3) is 54.7 Å². The third-order valence-electron chi connectivity index (χ3n) is 6.51. The van der Waals surface area contributed by atoms with Crippen LogP contribution >= 0.6 is 0 Å². The van der Waals surface area contributed by atoms with Crippen molar-refractivity contribution in [1.82, 2.24) is 9.13 Å². The summed E-state index contributed by atoms with van der Waals surface area (Å²) in [6, 6.07) is 31.2. The van der Waals surface area contributed by atoms with Crippen LogP contribution < -0.4 is 0 Å². The largest absolute Gasteiger partial charge is 0.341 e. The van der Waals surface area contributed by atoms with Gasteiger partial charge in [0.1, 0.15) is 0 Å². The van der Waals surface area contributed by atoms with E-state index >= 15 is 0 Å². The molecule has 0 atom stereocenters. The monoisotopic (exact) mass is 388 g/mol. The van der Waals surface area contributed by atoms with E-state index < -0.39 is 0 Å². The number of aromatic nitrogens is 2. The Morgan fingerprint density at radius 1 is 0.533 bits per heavy atom. The molecule has 6 aromatic rings. The van der Waals surface area contributed by atoms with Crippen LogP contribution in [-0.4, -0.2) is 9.13 Å². The van der Waals surface area contributed by atoms with Crippen molar-refractivity contribution in [2.75, 3.05) is 0 Å². The van der Waals surface area contributed by atoms with Crippen molar-refractivity contribution in [2.24, 2.45) is 0 Å². The third-order valence-corrected chi connectivity index (χ3v) is 6.51. The Kier molecular flexibility index (Phi) is 3.76. The summed E-state index contributed by atoms with van der Waals surface area (Å²) >= 11 is 0. The summed E-state index contributed by atoms with van der Waals surface area (Å²) in [5, 5.41) is 5.33. The molecule has 146 valence electrons. The van der Waals surface area contributed by atoms with Crippen molar-refractivity contribution in [3.05, 3.63) is 84.9 Å². The molecular formula is C28H24N2. The van der Waals surface area contributed by atoms with Gasteiger partial charge < -0.3 is 9.13 Å². The van der Waals surface area contributed by atoms with Gasteiger partial charge in [-0.3, -0.25) is 0 Å². The summed E-state index contributed by atoms with van der Waals surface area (Å²) in [5.74, 6) is 0. The molecule has 0 unspecified atom stereocenters. The second-order valence-electron chi connectivity index (χ2n) is 7.96. The van der Waals surface area contributed by atoms with Crippen molar-refractivity contribution >= 4 is 43.6 Å². The minimum atomic E-state index is 0.957. The smallest absolute Gasteiger partial charge is 0.0570 e. The number of nitrogens with zero attached hydrogens (tertiary/aromatic N) is 2. The van der Waals surface area contributed by atoms with E-state index in [1.807, 2.05) is 0 Å². The topological polar surface area (TPSA) is 9.86 Å². The first-order chi connectivity index (χ1) is 14.8. The normalized spacial score (nSPS) is 11.9. The van der Waals surface area contributed by atoms with Crippen LogP contribution in [0, 0.1) is 0 Å². The Hall–Kier alpha value is -3.52. The summed E-state index contributed by atoms with van der Waals surface area (Å²) in [6.07, 6.45) is 0. The predicted molar refractivity (Wildman–Crippen MR) is 129 cm³/mol. The maximum atomic E-state index is 2.46. The van der Waals surface area contributed by atoms with E-state index in [1.165, 1.54) is 54.7 Å². The molecular weight excluding hydrogens is 364 g/mol. The molecule has 4 aromatic carbocycles. The van der Waals surface area contributed by atoms with Crippen molar-refractivity contribution < 1.29 is 0 Å². The molecule has 0 aliphatic rings. The van der Waals surface area contributed by atoms with E-state index in [2.05, 4.69) is 108 Å². The first-order valence-corrected chi connectivity index (χ1v) is 10.8. The maximum absolute atomic E-state index is 2.46. The van der Waals surface area contributed by atoms with Gasteiger partial charge in [0.2, 0.25) is 0 Å². The van der Waals surface area contributed by atoms with Crippen LogP contribution in [0.5, 0.6) is 0 Å². The van der Waals surface area contributed by atoms with E-state index in [0.29, 0.717) is 0 Å². The summed E-state index contributed by atoms with van der Waals surface area (Å²) in [6.45, 7) is 6.39. The number of aryl methyl sites for hydroxylation is 2. The van der Waals surface area contributed by atoms with Crippen LogP contribution in [0.15, 0.2) is 84.9 Å². The minimum Gasteiger partial charge on any atom is -0.341 e. The Morgan fingerprint density at radius 2 is 1.13 bits per heavy atom. The first-order valence-electron chi connectivity index (χ1n) is 10.8. The average molecular weight is 389 g/mol. The molecule has 0 spiro atoms. The van der Waals surface area contributed by atoms with Gasteiger partial charge in [0.25, 0.3) is 0 Å². The molecule has 0 aliphatic carbocycles. The molecule has 0 fully saturated rings. The van der Waals surface area contributed by atoms with Gasteiger partial charge >= 0.3 is 0 Å². The third kappa shape index (κ3) is 2.25. The van der Waals surface area contributed by atoms with Crippen LogP contribution in [0.1, 0.15) is 13.8 Å². The van der Waals surface area contributed by atoms with Crippen molar-refractivity contribution in [1.29, 1.82) is 0 Å². The van der Waals surface area contributed by atoms with Crippen LogP contribution in [-0.2, 0) is 13.1 Å². The molecule has 2 aromatic heterocycles. The molecule has 0 bridgehead atoms. The molecule has 30 heavy (non-hydrogen) atoms. The van der Waals surface area contributed by atoms with Gasteiger partial charge in [-0.05, 0) is 43.7 Å². The fourth-order valence-corrected chi connectivity index (χ4v) is 5.23. The Bertz CT molecular complexity index is 1560. The van der Waals surface area contributed by atoms with Crippen LogP contribution in [0.4, 0.5) is 0 Å². The number of benzene rings is 4. The summed E-state index contributed by atoms with van der Waals surface area (Å²) in [5.41, 5.74) is 7.86. The summed E-state index contributed by atoms with van der Waals surface area (Å²) < 4.78 is 4.87. The molecule has 0 amide bonds. The molecule has 2 nitrogen and oxygen atoms in total. The van der Waals surface area contributed by atoms with Crippen LogP contribution in [0.2, 0.25) is 0 Å². The van der Waals surface area contributed by atoms with E-state index in [0.717, 1.165) is 13.1 Å². The van der Waals surface area contributed by atoms with Crippen molar-refractivity contribution in [3.8, 4) is 11.1 Å². The highest BCUT2D eigenvalue weighted by Gasteiger charge is 2.15. The van der Waals surface area contributed by atoms with E-state index in [-0.39, 0.29) is 0 Å². The number of rotatable bonds is 3. The Balaban J connectivity index is 1.71. The minimum absolute atomic E-state index is 0.957. The molecule has 2 heteroatoms. The van der Waals surface area contributed by atoms with Gasteiger partial charge in [-0.2, -0.15) is 0 Å². The lowest BCUT2D eigenvalue weighted by molar-refractivity contribution is 0.827. The highest BCUT2D eigenvalue weighted by molar-refractivity contribution is 6.14. The SMILES string of the molecule is CCn1c2ccccc2c2cc(-c3cccc4c5ccccc5n(CC)c34)ccc21. The predicted octanol–water partition coefficient (Wildman–Crippen LogP) is 7.61. The van der Waals surface area contributed by atoms with Crippen LogP contribution in [0.3, 0.4) is 0 Å². The summed E-state index contributed by atoms with van der Waals surface area (Å²) in [7, 11) is 0. The highest BCUT2D eigenvalue weighted by atomic mass is 15.0. The van der Waals surface area contributed by atoms with E-state index in [4.69, 9.17) is 0 Å². The zero-order valence-electron chi connectivity index (χ0n) is 17.4. The lowest BCUT2D eigenvalue weighted by atomic mass is 10.00. The molecule has 0 saturated heterocycles. The second kappa shape index (κ2) is 6.50. The molecule has 0 aliphatic heterocycles. The standard InChI is InChI=1S/C28H24N2/c1-3-29-25-14-7-6-11-22(25)24-18-19(16-17-27(24)29)20-12-9-13-23-21-10-5-8-15-26(21)30(4-2)28(20)23/h5-18H,3-4H2,1-2H3. The molecule has 0 saturated carbocycles. The zero-order chi connectivity index (χ0) is 20.2. The number of hydrogen-bond donors (Lipinski definition) is 0. The number of para-hydroxylation sites is 3. The van der Waals surface area contributed by atoms with Gasteiger partial charge in [-0.15, -0.1) is 0 Å². The van der Waals surface area contributed by atoms with Gasteiger partial charge in [-0.25, -0.2) is 0 Å². The summed E-state index contributed by atoms with van der Waals surface area (Å²) in [4.78, 5) is 0. The quantitative estimate of drug-likeness (QED) is 0.295. The van der Waals surface area contributed by atoms with E-state index in [1.54, 1.807) is 0 Å². The molecule has 0 radical (unpaired) electrons. The van der Waals surface area contributed by atoms with E-state index in [9.17, 15) is 0 Å². The van der Waals surface area contributed by atoms with Gasteiger partial charge in [0.15, 0.2) is 0 Å². The Morgan fingerprint density at radius 3 is 1.87 bits per heavy atom.